The van der Waals surface area contributed by atoms with Crippen molar-refractivity contribution in [3.05, 3.63) is 29.3 Å². The monoisotopic (exact) mass is 358 g/mol. The summed E-state index contributed by atoms with van der Waals surface area (Å²) in [6.45, 7) is 1.43. The zero-order valence-electron chi connectivity index (χ0n) is 12.6. The van der Waals surface area contributed by atoms with Gasteiger partial charge >= 0.3 is 12.4 Å². The van der Waals surface area contributed by atoms with Gasteiger partial charge in [-0.15, -0.1) is 0 Å². The lowest BCUT2D eigenvalue weighted by molar-refractivity contribution is -0.143. The first-order chi connectivity index (χ1) is 10.9. The van der Waals surface area contributed by atoms with Crippen molar-refractivity contribution in [3.8, 4) is 5.75 Å². The second-order valence-corrected chi connectivity index (χ2v) is 5.02. The first-order valence-corrected chi connectivity index (χ1v) is 6.87. The van der Waals surface area contributed by atoms with Crippen LogP contribution in [0, 0.1) is 0 Å². The van der Waals surface area contributed by atoms with Crippen molar-refractivity contribution in [2.75, 3.05) is 13.2 Å². The minimum absolute atomic E-state index is 0.0235. The fraction of sp³-hybridized carbons (Fsp3) is 0.500. The fourth-order valence-electron chi connectivity index (χ4n) is 1.64. The number of hydrogen-bond acceptors (Lipinski definition) is 3. The molecule has 1 aromatic carbocycles. The maximum Gasteiger partial charge on any atom is 0.416 e. The number of benzene rings is 1. The zero-order chi connectivity index (χ0) is 18.5. The highest BCUT2D eigenvalue weighted by molar-refractivity contribution is 5.80. The summed E-state index contributed by atoms with van der Waals surface area (Å²) in [5.74, 6) is -0.968. The molecule has 4 nitrogen and oxygen atoms in total. The van der Waals surface area contributed by atoms with E-state index in [1.54, 1.807) is 0 Å². The van der Waals surface area contributed by atoms with E-state index in [2.05, 4.69) is 5.32 Å². The normalized spacial score (nSPS) is 13.5. The summed E-state index contributed by atoms with van der Waals surface area (Å²) in [5.41, 5.74) is 2.41. The van der Waals surface area contributed by atoms with E-state index in [-0.39, 0.29) is 25.6 Å². The van der Waals surface area contributed by atoms with Gasteiger partial charge in [0.2, 0.25) is 5.91 Å². The van der Waals surface area contributed by atoms with Gasteiger partial charge in [-0.05, 0) is 31.5 Å². The van der Waals surface area contributed by atoms with Crippen LogP contribution in [0.5, 0.6) is 5.75 Å². The molecule has 24 heavy (non-hydrogen) atoms. The summed E-state index contributed by atoms with van der Waals surface area (Å²) >= 11 is 0. The molecule has 1 aromatic rings. The Morgan fingerprint density at radius 3 is 2.04 bits per heavy atom. The molecule has 0 fully saturated rings. The largest absolute Gasteiger partial charge is 0.493 e. The van der Waals surface area contributed by atoms with Crippen LogP contribution in [-0.2, 0) is 17.1 Å². The van der Waals surface area contributed by atoms with Crippen molar-refractivity contribution >= 4 is 5.91 Å². The van der Waals surface area contributed by atoms with Crippen molar-refractivity contribution < 1.29 is 35.9 Å². The SMILES string of the molecule is CC(N)C(=O)NCCCOc1cc(C(F)(F)F)cc(C(F)(F)F)c1. The second-order valence-electron chi connectivity index (χ2n) is 5.02. The molecule has 0 saturated carbocycles. The maximum atomic E-state index is 12.7. The van der Waals surface area contributed by atoms with Gasteiger partial charge in [0.05, 0.1) is 23.8 Å². The van der Waals surface area contributed by atoms with E-state index in [9.17, 15) is 31.1 Å². The number of halogens is 6. The molecule has 0 aliphatic heterocycles. The Morgan fingerprint density at radius 1 is 1.12 bits per heavy atom. The molecule has 1 unspecified atom stereocenters. The van der Waals surface area contributed by atoms with Gasteiger partial charge in [-0.3, -0.25) is 4.79 Å². The van der Waals surface area contributed by atoms with E-state index in [0.717, 1.165) is 0 Å². The quantitative estimate of drug-likeness (QED) is 0.607. The van der Waals surface area contributed by atoms with E-state index in [4.69, 9.17) is 10.5 Å². The molecule has 0 bridgehead atoms. The van der Waals surface area contributed by atoms with E-state index < -0.39 is 41.2 Å². The highest BCUT2D eigenvalue weighted by Gasteiger charge is 2.37. The number of ether oxygens (including phenoxy) is 1. The smallest absolute Gasteiger partial charge is 0.416 e. The standard InChI is InChI=1S/C14H16F6N2O2/c1-8(21)12(23)22-3-2-4-24-11-6-9(13(15,16)17)5-10(7-11)14(18,19)20/h5-8H,2-4,21H2,1H3,(H,22,23). The zero-order valence-corrected chi connectivity index (χ0v) is 12.6. The summed E-state index contributed by atoms with van der Waals surface area (Å²) < 4.78 is 80.9. The number of hydrogen-bond donors (Lipinski definition) is 2. The molecular weight excluding hydrogens is 342 g/mol. The molecule has 10 heteroatoms. The minimum Gasteiger partial charge on any atom is -0.493 e. The Balaban J connectivity index is 2.72. The number of carbonyl (C=O) groups excluding carboxylic acids is 1. The van der Waals surface area contributed by atoms with Crippen molar-refractivity contribution in [2.24, 2.45) is 5.73 Å². The molecular formula is C14H16F6N2O2. The van der Waals surface area contributed by atoms with Crippen molar-refractivity contribution in [3.63, 3.8) is 0 Å². The Labute approximate surface area is 134 Å². The average molecular weight is 358 g/mol. The van der Waals surface area contributed by atoms with E-state index in [1.807, 2.05) is 0 Å². The maximum absolute atomic E-state index is 12.7. The van der Waals surface area contributed by atoms with Crippen molar-refractivity contribution in [1.82, 2.24) is 5.32 Å². The third kappa shape index (κ3) is 6.26. The van der Waals surface area contributed by atoms with Gasteiger partial charge in [0, 0.05) is 6.54 Å². The molecule has 0 aliphatic carbocycles. The van der Waals surface area contributed by atoms with Crippen LogP contribution in [0.4, 0.5) is 26.3 Å². The lowest BCUT2D eigenvalue weighted by Gasteiger charge is -2.15. The van der Waals surface area contributed by atoms with Gasteiger partial charge in [0.25, 0.3) is 0 Å². The first-order valence-electron chi connectivity index (χ1n) is 6.87. The predicted molar refractivity (Wildman–Crippen MR) is 73.2 cm³/mol. The molecule has 1 atom stereocenters. The van der Waals surface area contributed by atoms with Crippen molar-refractivity contribution in [1.29, 1.82) is 0 Å². The van der Waals surface area contributed by atoms with Crippen LogP contribution in [0.25, 0.3) is 0 Å². The Morgan fingerprint density at radius 2 is 1.62 bits per heavy atom. The summed E-state index contributed by atoms with van der Waals surface area (Å²) in [5, 5.41) is 2.44. The van der Waals surface area contributed by atoms with Crippen LogP contribution in [0.1, 0.15) is 24.5 Å². The topological polar surface area (TPSA) is 64.4 Å². The molecule has 0 saturated heterocycles. The van der Waals surface area contributed by atoms with Gasteiger partial charge in [0.15, 0.2) is 0 Å². The molecule has 0 radical (unpaired) electrons. The Bertz CT molecular complexity index is 537. The number of rotatable bonds is 6. The van der Waals surface area contributed by atoms with Crippen LogP contribution >= 0.6 is 0 Å². The number of carbonyl (C=O) groups is 1. The van der Waals surface area contributed by atoms with Crippen molar-refractivity contribution in [2.45, 2.75) is 31.7 Å². The average Bonchev–Trinajstić information content (AvgIpc) is 2.44. The lowest BCUT2D eigenvalue weighted by Crippen LogP contribution is -2.38. The third-order valence-corrected chi connectivity index (χ3v) is 2.86. The lowest BCUT2D eigenvalue weighted by atomic mass is 10.1. The number of amides is 1. The van der Waals surface area contributed by atoms with Crippen LogP contribution in [0.15, 0.2) is 18.2 Å². The molecule has 0 heterocycles. The molecule has 1 rings (SSSR count). The summed E-state index contributed by atoms with van der Waals surface area (Å²) in [6, 6.07) is 0.296. The summed E-state index contributed by atoms with van der Waals surface area (Å²) in [7, 11) is 0. The molecule has 3 N–H and O–H groups in total. The molecule has 1 amide bonds. The third-order valence-electron chi connectivity index (χ3n) is 2.86. The number of alkyl halides is 6. The van der Waals surface area contributed by atoms with Crippen LogP contribution in [-0.4, -0.2) is 25.1 Å². The Kier molecular flexibility index (Phi) is 6.47. The van der Waals surface area contributed by atoms with Crippen LogP contribution in [0.3, 0.4) is 0 Å². The highest BCUT2D eigenvalue weighted by Crippen LogP contribution is 2.38. The first kappa shape index (κ1) is 20.1. The second kappa shape index (κ2) is 7.73. The van der Waals surface area contributed by atoms with Gasteiger partial charge < -0.3 is 15.8 Å². The van der Waals surface area contributed by atoms with Gasteiger partial charge in [-0.25, -0.2) is 0 Å². The van der Waals surface area contributed by atoms with E-state index >= 15 is 0 Å². The minimum atomic E-state index is -4.93. The van der Waals surface area contributed by atoms with E-state index in [0.29, 0.717) is 12.1 Å². The van der Waals surface area contributed by atoms with E-state index in [1.165, 1.54) is 6.92 Å². The highest BCUT2D eigenvalue weighted by atomic mass is 19.4. The molecule has 0 aliphatic rings. The predicted octanol–water partition coefficient (Wildman–Crippen LogP) is 2.96. The fourth-order valence-corrected chi connectivity index (χ4v) is 1.64. The Hall–Kier alpha value is -1.97. The van der Waals surface area contributed by atoms with Crippen LogP contribution < -0.4 is 15.8 Å². The molecule has 136 valence electrons. The van der Waals surface area contributed by atoms with Crippen LogP contribution in [0.2, 0.25) is 0 Å². The molecule has 0 spiro atoms. The summed E-state index contributed by atoms with van der Waals surface area (Å²) in [6.07, 6.45) is -9.66. The summed E-state index contributed by atoms with van der Waals surface area (Å²) in [4.78, 5) is 11.2. The van der Waals surface area contributed by atoms with Gasteiger partial charge in [0.1, 0.15) is 5.75 Å². The van der Waals surface area contributed by atoms with Gasteiger partial charge in [-0.2, -0.15) is 26.3 Å². The number of nitrogens with two attached hydrogens (primary N) is 1. The number of nitrogens with one attached hydrogen (secondary N) is 1. The molecule has 0 aromatic heterocycles. The van der Waals surface area contributed by atoms with Gasteiger partial charge in [-0.1, -0.05) is 0 Å².